The Morgan fingerprint density at radius 1 is 1.33 bits per heavy atom. The average Bonchev–Trinajstić information content (AvgIpc) is 2.39. The number of nitrogens with one attached hydrogen (secondary N) is 2. The van der Waals surface area contributed by atoms with Gasteiger partial charge in [0.25, 0.3) is 0 Å². The van der Waals surface area contributed by atoms with E-state index in [1.807, 2.05) is 6.92 Å². The van der Waals surface area contributed by atoms with E-state index in [1.165, 1.54) is 24.3 Å². The second-order valence-electron chi connectivity index (χ2n) is 5.14. The van der Waals surface area contributed by atoms with E-state index in [1.54, 1.807) is 0 Å². The minimum atomic E-state index is -4.71. The van der Waals surface area contributed by atoms with Crippen LogP contribution in [0.15, 0.2) is 24.3 Å². The van der Waals surface area contributed by atoms with Crippen LogP contribution in [-0.4, -0.2) is 24.9 Å². The summed E-state index contributed by atoms with van der Waals surface area (Å²) in [5.41, 5.74) is 0.459. The first-order valence-electron chi connectivity index (χ1n) is 6.73. The highest BCUT2D eigenvalue weighted by molar-refractivity contribution is 5.92. The Hall–Kier alpha value is -1.76. The zero-order chi connectivity index (χ0) is 15.5. The number of halogens is 3. The molecule has 1 aliphatic heterocycles. The maximum Gasteiger partial charge on any atom is 0.573 e. The molecule has 21 heavy (non-hydrogen) atoms. The van der Waals surface area contributed by atoms with Crippen LogP contribution in [0.4, 0.5) is 18.9 Å². The number of alkyl halides is 3. The maximum absolute atomic E-state index is 12.1. The molecule has 0 saturated carbocycles. The van der Waals surface area contributed by atoms with Gasteiger partial charge in [0.15, 0.2) is 0 Å². The number of hydrogen-bond donors (Lipinski definition) is 2. The summed E-state index contributed by atoms with van der Waals surface area (Å²) in [6, 6.07) is 5.42. The van der Waals surface area contributed by atoms with E-state index in [4.69, 9.17) is 0 Å². The molecule has 1 fully saturated rings. The first kappa shape index (κ1) is 15.6. The number of piperidine rings is 1. The van der Waals surface area contributed by atoms with E-state index >= 15 is 0 Å². The number of rotatable bonds is 3. The summed E-state index contributed by atoms with van der Waals surface area (Å²) in [7, 11) is 0. The van der Waals surface area contributed by atoms with Gasteiger partial charge in [0.1, 0.15) is 5.75 Å². The predicted octanol–water partition coefficient (Wildman–Crippen LogP) is 2.91. The summed E-state index contributed by atoms with van der Waals surface area (Å²) in [5, 5.41) is 5.98. The van der Waals surface area contributed by atoms with Gasteiger partial charge in [0.05, 0.1) is 0 Å². The van der Waals surface area contributed by atoms with E-state index < -0.39 is 6.36 Å². The third-order valence-corrected chi connectivity index (χ3v) is 3.35. The van der Waals surface area contributed by atoms with Crippen molar-refractivity contribution in [1.82, 2.24) is 5.32 Å². The van der Waals surface area contributed by atoms with Crippen molar-refractivity contribution in [3.63, 3.8) is 0 Å². The zero-order valence-electron chi connectivity index (χ0n) is 11.5. The Kier molecular flexibility index (Phi) is 4.72. The molecule has 1 aliphatic rings. The van der Waals surface area contributed by atoms with E-state index in [0.717, 1.165) is 19.4 Å². The van der Waals surface area contributed by atoms with Gasteiger partial charge in [0.2, 0.25) is 5.91 Å². The van der Waals surface area contributed by atoms with Crippen molar-refractivity contribution in [1.29, 1.82) is 0 Å². The fourth-order valence-corrected chi connectivity index (χ4v) is 2.35. The third kappa shape index (κ3) is 4.93. The Balaban J connectivity index is 1.92. The molecule has 1 saturated heterocycles. The summed E-state index contributed by atoms with van der Waals surface area (Å²) in [4.78, 5) is 12.1. The Bertz CT molecular complexity index is 488. The normalized spacial score (nSPS) is 22.7. The fraction of sp³-hybridized carbons (Fsp3) is 0.500. The molecule has 1 amide bonds. The van der Waals surface area contributed by atoms with E-state index in [-0.39, 0.29) is 23.6 Å². The molecule has 4 nitrogen and oxygen atoms in total. The number of carbonyl (C=O) groups excluding carboxylic acids is 1. The molecule has 0 aromatic heterocycles. The monoisotopic (exact) mass is 302 g/mol. The smallest absolute Gasteiger partial charge is 0.406 e. The molecule has 0 radical (unpaired) electrons. The molecule has 7 heteroatoms. The number of hydrogen-bond acceptors (Lipinski definition) is 3. The highest BCUT2D eigenvalue weighted by atomic mass is 19.4. The van der Waals surface area contributed by atoms with E-state index in [2.05, 4.69) is 15.4 Å². The molecule has 2 rings (SSSR count). The average molecular weight is 302 g/mol. The van der Waals surface area contributed by atoms with Crippen molar-refractivity contribution in [2.24, 2.45) is 5.92 Å². The second kappa shape index (κ2) is 6.34. The lowest BCUT2D eigenvalue weighted by Gasteiger charge is -2.27. The molecule has 1 heterocycles. The quantitative estimate of drug-likeness (QED) is 0.902. The molecule has 0 unspecified atom stereocenters. The Labute approximate surface area is 120 Å². The Morgan fingerprint density at radius 3 is 2.57 bits per heavy atom. The molecular weight excluding hydrogens is 285 g/mol. The molecule has 1 aromatic rings. The van der Waals surface area contributed by atoms with Crippen LogP contribution >= 0.6 is 0 Å². The Morgan fingerprint density at radius 2 is 2.00 bits per heavy atom. The van der Waals surface area contributed by atoms with Crippen molar-refractivity contribution < 1.29 is 22.7 Å². The SMILES string of the molecule is C[C@H]1C[C@@H](C(=O)Nc2ccc(OC(F)(F)F)cc2)CCN1. The lowest BCUT2D eigenvalue weighted by Crippen LogP contribution is -2.40. The zero-order valence-corrected chi connectivity index (χ0v) is 11.5. The molecule has 2 atom stereocenters. The van der Waals surface area contributed by atoms with Crippen LogP contribution in [0.5, 0.6) is 5.75 Å². The van der Waals surface area contributed by atoms with Gasteiger partial charge in [-0.25, -0.2) is 0 Å². The van der Waals surface area contributed by atoms with Crippen LogP contribution in [0, 0.1) is 5.92 Å². The van der Waals surface area contributed by atoms with E-state index in [9.17, 15) is 18.0 Å². The highest BCUT2D eigenvalue weighted by Crippen LogP contribution is 2.24. The summed E-state index contributed by atoms with van der Waals surface area (Å²) in [6.45, 7) is 2.81. The van der Waals surface area contributed by atoms with E-state index in [0.29, 0.717) is 5.69 Å². The van der Waals surface area contributed by atoms with Crippen LogP contribution in [0.2, 0.25) is 0 Å². The topological polar surface area (TPSA) is 50.4 Å². The predicted molar refractivity (Wildman–Crippen MR) is 71.9 cm³/mol. The van der Waals surface area contributed by atoms with Crippen LogP contribution in [0.1, 0.15) is 19.8 Å². The van der Waals surface area contributed by atoms with Crippen molar-refractivity contribution in [2.75, 3.05) is 11.9 Å². The molecule has 0 bridgehead atoms. The first-order valence-corrected chi connectivity index (χ1v) is 6.73. The third-order valence-electron chi connectivity index (χ3n) is 3.35. The first-order chi connectivity index (χ1) is 9.83. The van der Waals surface area contributed by atoms with Gasteiger partial charge in [-0.2, -0.15) is 0 Å². The fourth-order valence-electron chi connectivity index (χ4n) is 2.35. The lowest BCUT2D eigenvalue weighted by atomic mass is 9.92. The molecule has 2 N–H and O–H groups in total. The number of ether oxygens (including phenoxy) is 1. The molecule has 0 spiro atoms. The van der Waals surface area contributed by atoms with Gasteiger partial charge in [-0.15, -0.1) is 13.2 Å². The van der Waals surface area contributed by atoms with Gasteiger partial charge < -0.3 is 15.4 Å². The molecular formula is C14H17F3N2O2. The number of anilines is 1. The molecule has 116 valence electrons. The summed E-state index contributed by atoms with van der Waals surface area (Å²) >= 11 is 0. The van der Waals surface area contributed by atoms with Crippen LogP contribution in [0.25, 0.3) is 0 Å². The van der Waals surface area contributed by atoms with Crippen molar-refractivity contribution >= 4 is 11.6 Å². The summed E-state index contributed by atoms with van der Waals surface area (Å²) in [6.07, 6.45) is -3.21. The standard InChI is InChI=1S/C14H17F3N2O2/c1-9-8-10(6-7-18-9)13(20)19-11-2-4-12(5-3-11)21-14(15,16)17/h2-5,9-10,18H,6-8H2,1H3,(H,19,20)/t9-,10-/m0/s1. The van der Waals surface area contributed by atoms with Gasteiger partial charge in [0, 0.05) is 17.6 Å². The van der Waals surface area contributed by atoms with Crippen molar-refractivity contribution in [3.05, 3.63) is 24.3 Å². The number of benzene rings is 1. The minimum absolute atomic E-state index is 0.0765. The number of amides is 1. The van der Waals surface area contributed by atoms with Gasteiger partial charge in [-0.05, 0) is 50.6 Å². The van der Waals surface area contributed by atoms with Gasteiger partial charge >= 0.3 is 6.36 Å². The largest absolute Gasteiger partial charge is 0.573 e. The van der Waals surface area contributed by atoms with Crippen LogP contribution in [0.3, 0.4) is 0 Å². The maximum atomic E-state index is 12.1. The van der Waals surface area contributed by atoms with Crippen LogP contribution < -0.4 is 15.4 Å². The van der Waals surface area contributed by atoms with Gasteiger partial charge in [-0.1, -0.05) is 0 Å². The minimum Gasteiger partial charge on any atom is -0.406 e. The second-order valence-corrected chi connectivity index (χ2v) is 5.14. The highest BCUT2D eigenvalue weighted by Gasteiger charge is 2.31. The number of carbonyl (C=O) groups is 1. The van der Waals surface area contributed by atoms with Crippen molar-refractivity contribution in [2.45, 2.75) is 32.2 Å². The van der Waals surface area contributed by atoms with Gasteiger partial charge in [-0.3, -0.25) is 4.79 Å². The molecule has 1 aromatic carbocycles. The summed E-state index contributed by atoms with van der Waals surface area (Å²) in [5.74, 6) is -0.490. The molecule has 0 aliphatic carbocycles. The van der Waals surface area contributed by atoms with Crippen LogP contribution in [-0.2, 0) is 4.79 Å². The lowest BCUT2D eigenvalue weighted by molar-refractivity contribution is -0.274. The van der Waals surface area contributed by atoms with Crippen molar-refractivity contribution in [3.8, 4) is 5.75 Å². The summed E-state index contributed by atoms with van der Waals surface area (Å²) < 4.78 is 39.9.